The van der Waals surface area contributed by atoms with Crippen LogP contribution in [0.3, 0.4) is 0 Å². The van der Waals surface area contributed by atoms with Gasteiger partial charge in [0.2, 0.25) is 10.0 Å². The first-order valence-corrected chi connectivity index (χ1v) is 11.1. The maximum atomic E-state index is 11.5. The Morgan fingerprint density at radius 2 is 2.04 bits per heavy atom. The molecule has 2 aromatic rings. The molecule has 2 N–H and O–H groups in total. The minimum atomic E-state index is -3.09. The highest BCUT2D eigenvalue weighted by Gasteiger charge is 2.23. The fourth-order valence-corrected chi connectivity index (χ4v) is 4.95. The number of hydrogen-bond acceptors (Lipinski definition) is 5. The molecule has 8 heteroatoms. The van der Waals surface area contributed by atoms with Crippen LogP contribution in [-0.4, -0.2) is 31.7 Å². The summed E-state index contributed by atoms with van der Waals surface area (Å²) < 4.78 is 26.8. The number of nitrogens with one attached hydrogen (secondary N) is 2. The minimum absolute atomic E-state index is 0.143. The Kier molecular flexibility index (Phi) is 5.64. The Bertz CT molecular complexity index is 799. The zero-order chi connectivity index (χ0) is 17.2. The number of benzene rings is 1. The highest BCUT2D eigenvalue weighted by Crippen LogP contribution is 2.33. The van der Waals surface area contributed by atoms with Gasteiger partial charge in [-0.2, -0.15) is 0 Å². The molecule has 0 bridgehead atoms. The number of halogens is 1. The summed E-state index contributed by atoms with van der Waals surface area (Å²) in [7, 11) is -3.09. The first-order chi connectivity index (χ1) is 11.5. The van der Waals surface area contributed by atoms with Gasteiger partial charge in [-0.3, -0.25) is 0 Å². The predicted molar refractivity (Wildman–Crippen MR) is 101 cm³/mol. The van der Waals surface area contributed by atoms with Crippen LogP contribution in [-0.2, 0) is 10.0 Å². The van der Waals surface area contributed by atoms with Gasteiger partial charge in [0.05, 0.1) is 15.5 Å². The lowest BCUT2D eigenvalue weighted by Crippen LogP contribution is -2.34. The molecule has 1 fully saturated rings. The van der Waals surface area contributed by atoms with Gasteiger partial charge in [0, 0.05) is 12.6 Å². The summed E-state index contributed by atoms with van der Waals surface area (Å²) in [5.74, 6) is 0.568. The number of sulfonamides is 1. The minimum Gasteiger partial charge on any atom is -0.359 e. The van der Waals surface area contributed by atoms with Gasteiger partial charge in [0.25, 0.3) is 0 Å². The summed E-state index contributed by atoms with van der Waals surface area (Å²) in [6.45, 7) is 2.22. The van der Waals surface area contributed by atoms with E-state index in [-0.39, 0.29) is 5.75 Å². The number of aromatic nitrogens is 1. The third-order valence-corrected chi connectivity index (χ3v) is 7.14. The van der Waals surface area contributed by atoms with E-state index in [2.05, 4.69) is 15.0 Å². The Labute approximate surface area is 151 Å². The van der Waals surface area contributed by atoms with E-state index < -0.39 is 10.0 Å². The summed E-state index contributed by atoms with van der Waals surface area (Å²) in [6.07, 6.45) is 4.11. The number of para-hydroxylation sites is 1. The Balaban J connectivity index is 1.52. The topological polar surface area (TPSA) is 71.1 Å². The molecule has 0 saturated heterocycles. The van der Waals surface area contributed by atoms with E-state index in [9.17, 15) is 8.42 Å². The van der Waals surface area contributed by atoms with Gasteiger partial charge in [0.1, 0.15) is 5.52 Å². The predicted octanol–water partition coefficient (Wildman–Crippen LogP) is 3.86. The fourth-order valence-electron chi connectivity index (χ4n) is 3.01. The number of anilines is 1. The average Bonchev–Trinajstić information content (AvgIpc) is 2.98. The largest absolute Gasteiger partial charge is 0.359 e. The SMILES string of the molecule is CCS(=O)(=O)NC[C@H]1CC[C@H](Nc2nc3c(Cl)cccc3s2)CC1. The molecule has 1 heterocycles. The Morgan fingerprint density at radius 1 is 1.29 bits per heavy atom. The highest BCUT2D eigenvalue weighted by atomic mass is 35.5. The molecule has 0 radical (unpaired) electrons. The lowest BCUT2D eigenvalue weighted by molar-refractivity contribution is 0.337. The molecular weight excluding hydrogens is 366 g/mol. The van der Waals surface area contributed by atoms with E-state index in [1.165, 1.54) is 0 Å². The molecule has 0 atom stereocenters. The van der Waals surface area contributed by atoms with Crippen molar-refractivity contribution in [2.75, 3.05) is 17.6 Å². The number of fused-ring (bicyclic) bond motifs is 1. The van der Waals surface area contributed by atoms with E-state index in [0.717, 1.165) is 41.0 Å². The number of nitrogens with zero attached hydrogens (tertiary/aromatic N) is 1. The second-order valence-corrected chi connectivity index (χ2v) is 9.75. The molecule has 1 aliphatic carbocycles. The van der Waals surface area contributed by atoms with Crippen molar-refractivity contribution in [2.45, 2.75) is 38.6 Å². The summed E-state index contributed by atoms with van der Waals surface area (Å²) in [5.41, 5.74) is 0.856. The van der Waals surface area contributed by atoms with E-state index >= 15 is 0 Å². The Morgan fingerprint density at radius 3 is 2.71 bits per heavy atom. The molecule has 0 unspecified atom stereocenters. The third-order valence-electron chi connectivity index (χ3n) is 4.52. The number of hydrogen-bond donors (Lipinski definition) is 2. The molecule has 0 spiro atoms. The van der Waals surface area contributed by atoms with Crippen LogP contribution in [0.2, 0.25) is 5.02 Å². The van der Waals surface area contributed by atoms with Crippen LogP contribution >= 0.6 is 22.9 Å². The molecular formula is C16H22ClN3O2S2. The molecule has 132 valence electrons. The van der Waals surface area contributed by atoms with Crippen LogP contribution in [0.15, 0.2) is 18.2 Å². The molecule has 1 aromatic carbocycles. The van der Waals surface area contributed by atoms with Crippen molar-refractivity contribution in [2.24, 2.45) is 5.92 Å². The van der Waals surface area contributed by atoms with Gasteiger partial charge in [-0.05, 0) is 50.7 Å². The van der Waals surface area contributed by atoms with Gasteiger partial charge in [-0.15, -0.1) is 0 Å². The van der Waals surface area contributed by atoms with Gasteiger partial charge in [-0.25, -0.2) is 18.1 Å². The third kappa shape index (κ3) is 4.39. The van der Waals surface area contributed by atoms with Crippen LogP contribution < -0.4 is 10.0 Å². The zero-order valence-corrected chi connectivity index (χ0v) is 16.0. The first kappa shape index (κ1) is 17.9. The second-order valence-electron chi connectivity index (χ2n) is 6.22. The second kappa shape index (κ2) is 7.56. The van der Waals surface area contributed by atoms with Crippen LogP contribution in [0.4, 0.5) is 5.13 Å². The van der Waals surface area contributed by atoms with E-state index in [1.54, 1.807) is 18.3 Å². The van der Waals surface area contributed by atoms with Crippen molar-refractivity contribution >= 4 is 48.3 Å². The van der Waals surface area contributed by atoms with Crippen molar-refractivity contribution in [3.8, 4) is 0 Å². The molecule has 1 aliphatic rings. The summed E-state index contributed by atoms with van der Waals surface area (Å²) in [6, 6.07) is 6.22. The smallest absolute Gasteiger partial charge is 0.211 e. The summed E-state index contributed by atoms with van der Waals surface area (Å²) >= 11 is 7.80. The monoisotopic (exact) mass is 387 g/mol. The average molecular weight is 388 g/mol. The Hall–Kier alpha value is -0.890. The van der Waals surface area contributed by atoms with Crippen molar-refractivity contribution < 1.29 is 8.42 Å². The van der Waals surface area contributed by atoms with E-state index in [1.807, 2.05) is 18.2 Å². The molecule has 5 nitrogen and oxygen atoms in total. The molecule has 0 amide bonds. The lowest BCUT2D eigenvalue weighted by atomic mass is 9.86. The van der Waals surface area contributed by atoms with Gasteiger partial charge >= 0.3 is 0 Å². The number of rotatable bonds is 6. The van der Waals surface area contributed by atoms with Crippen LogP contribution in [0.25, 0.3) is 10.2 Å². The lowest BCUT2D eigenvalue weighted by Gasteiger charge is -2.29. The van der Waals surface area contributed by atoms with Crippen LogP contribution in [0.1, 0.15) is 32.6 Å². The molecule has 3 rings (SSSR count). The molecule has 24 heavy (non-hydrogen) atoms. The van der Waals surface area contributed by atoms with Crippen LogP contribution in [0.5, 0.6) is 0 Å². The zero-order valence-electron chi connectivity index (χ0n) is 13.6. The van der Waals surface area contributed by atoms with Gasteiger partial charge < -0.3 is 5.32 Å². The number of thiazole rings is 1. The van der Waals surface area contributed by atoms with E-state index in [4.69, 9.17) is 11.6 Å². The van der Waals surface area contributed by atoms with Crippen molar-refractivity contribution in [1.29, 1.82) is 0 Å². The van der Waals surface area contributed by atoms with Crippen LogP contribution in [0, 0.1) is 5.92 Å². The van der Waals surface area contributed by atoms with Crippen molar-refractivity contribution in [1.82, 2.24) is 9.71 Å². The quantitative estimate of drug-likeness (QED) is 0.789. The normalized spacial score (nSPS) is 21.9. The van der Waals surface area contributed by atoms with Gasteiger partial charge in [-0.1, -0.05) is 29.0 Å². The standard InChI is InChI=1S/C16H22ClN3O2S2/c1-2-24(21,22)18-10-11-6-8-12(9-7-11)19-16-20-15-13(17)4-3-5-14(15)23-16/h3-5,11-12,18H,2,6-10H2,1H3,(H,19,20)/t11-,12-. The highest BCUT2D eigenvalue weighted by molar-refractivity contribution is 7.89. The van der Waals surface area contributed by atoms with Gasteiger partial charge in [0.15, 0.2) is 5.13 Å². The van der Waals surface area contributed by atoms with E-state index in [0.29, 0.717) is 23.5 Å². The first-order valence-electron chi connectivity index (χ1n) is 8.26. The summed E-state index contributed by atoms with van der Waals surface area (Å²) in [4.78, 5) is 4.59. The van der Waals surface area contributed by atoms with Crippen molar-refractivity contribution in [3.63, 3.8) is 0 Å². The summed E-state index contributed by atoms with van der Waals surface area (Å²) in [5, 5.41) is 5.11. The molecule has 1 aromatic heterocycles. The van der Waals surface area contributed by atoms with Crippen molar-refractivity contribution in [3.05, 3.63) is 23.2 Å². The molecule has 1 saturated carbocycles. The molecule has 0 aliphatic heterocycles. The maximum absolute atomic E-state index is 11.5. The fraction of sp³-hybridized carbons (Fsp3) is 0.562. The maximum Gasteiger partial charge on any atom is 0.211 e.